The summed E-state index contributed by atoms with van der Waals surface area (Å²) in [7, 11) is 0. The number of alkyl carbamates (subject to hydrolysis) is 1. The molecule has 1 aromatic carbocycles. The second kappa shape index (κ2) is 9.29. The Morgan fingerprint density at radius 1 is 1.39 bits per heavy atom. The number of benzene rings is 1. The van der Waals surface area contributed by atoms with E-state index in [9.17, 15) is 14.9 Å². The van der Waals surface area contributed by atoms with Crippen LogP contribution in [0.5, 0.6) is 5.75 Å². The van der Waals surface area contributed by atoms with Crippen molar-refractivity contribution in [2.45, 2.75) is 64.6 Å². The summed E-state index contributed by atoms with van der Waals surface area (Å²) in [6.45, 7) is 8.28. The van der Waals surface area contributed by atoms with Gasteiger partial charge in [0.1, 0.15) is 23.4 Å². The highest BCUT2D eigenvalue weighted by Crippen LogP contribution is 2.26. The summed E-state index contributed by atoms with van der Waals surface area (Å²) in [6, 6.07) is 6.61. The first-order valence-electron chi connectivity index (χ1n) is 10.6. The fourth-order valence-corrected chi connectivity index (χ4v) is 3.82. The molecule has 8 heteroatoms. The van der Waals surface area contributed by atoms with Crippen molar-refractivity contribution in [2.75, 3.05) is 13.2 Å². The largest absolute Gasteiger partial charge is 0.494 e. The lowest BCUT2D eigenvalue weighted by atomic mass is 10.0. The van der Waals surface area contributed by atoms with Gasteiger partial charge in [0.2, 0.25) is 5.91 Å². The monoisotopic (exact) mass is 426 g/mol. The number of likely N-dealkylation sites (tertiary alicyclic amines) is 1. The normalized spacial score (nSPS) is 17.3. The van der Waals surface area contributed by atoms with Crippen molar-refractivity contribution in [1.82, 2.24) is 15.2 Å². The summed E-state index contributed by atoms with van der Waals surface area (Å²) < 4.78 is 11.0. The molecule has 0 aliphatic carbocycles. The molecule has 2 aromatic rings. The molecule has 1 fully saturated rings. The van der Waals surface area contributed by atoms with E-state index in [2.05, 4.69) is 16.4 Å². The zero-order chi connectivity index (χ0) is 22.6. The number of ether oxygens (including phenoxy) is 2. The number of carbonyl (C=O) groups excluding carboxylic acids is 2. The molecule has 2 N–H and O–H groups in total. The Morgan fingerprint density at radius 3 is 2.84 bits per heavy atom. The molecule has 0 bridgehead atoms. The third-order valence-corrected chi connectivity index (χ3v) is 5.15. The van der Waals surface area contributed by atoms with Gasteiger partial charge in [-0.15, -0.1) is 0 Å². The Labute approximate surface area is 182 Å². The number of amides is 2. The number of nitrogens with zero attached hydrogens (tertiary/aromatic N) is 2. The molecule has 166 valence electrons. The SMILES string of the molecule is CCOc1ccc2[nH]cc(CC(NC(=O)OC(C)(C)C)C(=O)N3CCC[C@H]3C#N)c2c1. The molecule has 8 nitrogen and oxygen atoms in total. The summed E-state index contributed by atoms with van der Waals surface area (Å²) >= 11 is 0. The van der Waals surface area contributed by atoms with Gasteiger partial charge in [0, 0.05) is 30.1 Å². The molecule has 1 aliphatic rings. The zero-order valence-electron chi connectivity index (χ0n) is 18.5. The molecular weight excluding hydrogens is 396 g/mol. The number of nitrogens with one attached hydrogen (secondary N) is 2. The molecule has 0 radical (unpaired) electrons. The predicted octanol–water partition coefficient (Wildman–Crippen LogP) is 3.52. The Kier molecular flexibility index (Phi) is 6.74. The van der Waals surface area contributed by atoms with E-state index in [0.717, 1.165) is 28.6 Å². The lowest BCUT2D eigenvalue weighted by molar-refractivity contribution is -0.133. The highest BCUT2D eigenvalue weighted by Gasteiger charge is 2.35. The summed E-state index contributed by atoms with van der Waals surface area (Å²) in [5.41, 5.74) is 1.10. The number of aromatic amines is 1. The topological polar surface area (TPSA) is 107 Å². The fourth-order valence-electron chi connectivity index (χ4n) is 3.82. The van der Waals surface area contributed by atoms with Crippen LogP contribution in [-0.4, -0.2) is 52.7 Å². The molecule has 1 saturated heterocycles. The van der Waals surface area contributed by atoms with E-state index in [0.29, 0.717) is 19.6 Å². The van der Waals surface area contributed by atoms with Crippen LogP contribution in [0.4, 0.5) is 4.79 Å². The van der Waals surface area contributed by atoms with Gasteiger partial charge in [-0.25, -0.2) is 4.79 Å². The molecule has 1 unspecified atom stereocenters. The van der Waals surface area contributed by atoms with Gasteiger partial charge in [-0.3, -0.25) is 4.79 Å². The summed E-state index contributed by atoms with van der Waals surface area (Å²) in [6.07, 6.45) is 2.86. The smallest absolute Gasteiger partial charge is 0.408 e. The van der Waals surface area contributed by atoms with Crippen LogP contribution in [0, 0.1) is 11.3 Å². The highest BCUT2D eigenvalue weighted by molar-refractivity contribution is 5.89. The molecule has 3 rings (SSSR count). The molecule has 31 heavy (non-hydrogen) atoms. The standard InChI is InChI=1S/C23H30N4O4/c1-5-30-17-8-9-19-18(12-17)15(14-25-19)11-20(26-22(29)31-23(2,3)4)21(28)27-10-6-7-16(27)13-24/h8-9,12,14,16,20,25H,5-7,10-11H2,1-4H3,(H,26,29)/t16-,20?/m0/s1. The molecule has 2 heterocycles. The van der Waals surface area contributed by atoms with Crippen molar-refractivity contribution in [3.63, 3.8) is 0 Å². The fraction of sp³-hybridized carbons (Fsp3) is 0.522. The van der Waals surface area contributed by atoms with Gasteiger partial charge in [0.25, 0.3) is 0 Å². The summed E-state index contributed by atoms with van der Waals surface area (Å²) in [5, 5.41) is 13.1. The third kappa shape index (κ3) is 5.48. The first-order chi connectivity index (χ1) is 14.7. The minimum atomic E-state index is -0.849. The van der Waals surface area contributed by atoms with E-state index < -0.39 is 23.8 Å². The molecule has 0 saturated carbocycles. The maximum atomic E-state index is 13.3. The van der Waals surface area contributed by atoms with Crippen LogP contribution in [-0.2, 0) is 16.0 Å². The van der Waals surface area contributed by atoms with E-state index in [1.165, 1.54) is 0 Å². The van der Waals surface area contributed by atoms with Gasteiger partial charge in [0.15, 0.2) is 0 Å². The van der Waals surface area contributed by atoms with Crippen molar-refractivity contribution in [1.29, 1.82) is 5.26 Å². The van der Waals surface area contributed by atoms with E-state index >= 15 is 0 Å². The summed E-state index contributed by atoms with van der Waals surface area (Å²) in [4.78, 5) is 30.6. The Hall–Kier alpha value is -3.21. The maximum absolute atomic E-state index is 13.3. The van der Waals surface area contributed by atoms with Crippen molar-refractivity contribution >= 4 is 22.9 Å². The number of nitriles is 1. The Morgan fingerprint density at radius 2 is 2.16 bits per heavy atom. The lowest BCUT2D eigenvalue weighted by Crippen LogP contribution is -2.51. The molecule has 0 spiro atoms. The number of fused-ring (bicyclic) bond motifs is 1. The van der Waals surface area contributed by atoms with Gasteiger partial charge in [0.05, 0.1) is 12.7 Å². The van der Waals surface area contributed by atoms with Crippen LogP contribution in [0.15, 0.2) is 24.4 Å². The maximum Gasteiger partial charge on any atom is 0.408 e. The molecule has 2 amide bonds. The van der Waals surface area contributed by atoms with Crippen molar-refractivity contribution in [3.05, 3.63) is 30.0 Å². The van der Waals surface area contributed by atoms with E-state index in [4.69, 9.17) is 9.47 Å². The second-order valence-electron chi connectivity index (χ2n) is 8.68. The third-order valence-electron chi connectivity index (χ3n) is 5.15. The minimum Gasteiger partial charge on any atom is -0.494 e. The number of H-pyrrole nitrogens is 1. The van der Waals surface area contributed by atoms with E-state index in [1.54, 1.807) is 25.7 Å². The van der Waals surface area contributed by atoms with Crippen molar-refractivity contribution < 1.29 is 19.1 Å². The first kappa shape index (κ1) is 22.5. The minimum absolute atomic E-state index is 0.266. The molecule has 2 atom stereocenters. The number of carbonyl (C=O) groups is 2. The quantitative estimate of drug-likeness (QED) is 0.735. The van der Waals surface area contributed by atoms with Crippen LogP contribution in [0.2, 0.25) is 0 Å². The van der Waals surface area contributed by atoms with Gasteiger partial charge in [-0.2, -0.15) is 5.26 Å². The first-order valence-corrected chi connectivity index (χ1v) is 10.6. The number of hydrogen-bond acceptors (Lipinski definition) is 5. The molecule has 1 aromatic heterocycles. The van der Waals surface area contributed by atoms with Gasteiger partial charge in [-0.1, -0.05) is 0 Å². The molecular formula is C23H30N4O4. The lowest BCUT2D eigenvalue weighted by Gasteiger charge is -2.27. The van der Waals surface area contributed by atoms with Crippen LogP contribution >= 0.6 is 0 Å². The van der Waals surface area contributed by atoms with Gasteiger partial charge >= 0.3 is 6.09 Å². The van der Waals surface area contributed by atoms with Crippen LogP contribution in [0.1, 0.15) is 46.1 Å². The van der Waals surface area contributed by atoms with Gasteiger partial charge < -0.3 is 24.7 Å². The summed E-state index contributed by atoms with van der Waals surface area (Å²) in [5.74, 6) is 0.466. The molecule has 1 aliphatic heterocycles. The second-order valence-corrected chi connectivity index (χ2v) is 8.68. The van der Waals surface area contributed by atoms with Crippen LogP contribution < -0.4 is 10.1 Å². The van der Waals surface area contributed by atoms with Gasteiger partial charge in [-0.05, 0) is 64.3 Å². The predicted molar refractivity (Wildman–Crippen MR) is 117 cm³/mol. The Bertz CT molecular complexity index is 986. The van der Waals surface area contributed by atoms with E-state index in [1.807, 2.05) is 31.3 Å². The van der Waals surface area contributed by atoms with Crippen LogP contribution in [0.3, 0.4) is 0 Å². The number of aromatic nitrogens is 1. The average molecular weight is 427 g/mol. The average Bonchev–Trinajstić information content (AvgIpc) is 3.32. The number of rotatable bonds is 6. The van der Waals surface area contributed by atoms with Crippen molar-refractivity contribution in [3.8, 4) is 11.8 Å². The Balaban J connectivity index is 1.88. The van der Waals surface area contributed by atoms with Crippen LogP contribution in [0.25, 0.3) is 10.9 Å². The van der Waals surface area contributed by atoms with E-state index in [-0.39, 0.29) is 12.3 Å². The zero-order valence-corrected chi connectivity index (χ0v) is 18.5. The highest BCUT2D eigenvalue weighted by atomic mass is 16.6. The number of hydrogen-bond donors (Lipinski definition) is 2. The van der Waals surface area contributed by atoms with Crippen molar-refractivity contribution in [2.24, 2.45) is 0 Å².